The number of anilines is 1. The number of rotatable bonds is 4. The Hall–Kier alpha value is -3.24. The number of halogens is 1. The third-order valence-corrected chi connectivity index (χ3v) is 4.79. The lowest BCUT2D eigenvalue weighted by Gasteiger charge is -2.36. The molecule has 1 N–H and O–H groups in total. The van der Waals surface area contributed by atoms with Gasteiger partial charge in [-0.05, 0) is 48.7 Å². The molecule has 1 aliphatic rings. The molecule has 1 heterocycles. The van der Waals surface area contributed by atoms with Gasteiger partial charge in [0.1, 0.15) is 17.6 Å². The Balaban J connectivity index is 1.89. The van der Waals surface area contributed by atoms with Gasteiger partial charge in [0.05, 0.1) is 11.0 Å². The summed E-state index contributed by atoms with van der Waals surface area (Å²) in [6, 6.07) is 12.3. The molecule has 0 atom stereocenters. The fraction of sp³-hybridized carbons (Fsp3) is 0.286. The van der Waals surface area contributed by atoms with Crippen LogP contribution in [0, 0.1) is 17.1 Å². The molecular formula is C21H19FN2O4. The number of carbonyl (C=O) groups is 2. The highest BCUT2D eigenvalue weighted by atomic mass is 19.1. The third-order valence-electron chi connectivity index (χ3n) is 4.79. The van der Waals surface area contributed by atoms with E-state index in [4.69, 9.17) is 9.47 Å². The van der Waals surface area contributed by atoms with Crippen LogP contribution < -0.4 is 10.1 Å². The Bertz CT molecular complexity index is 928. The lowest BCUT2D eigenvalue weighted by molar-refractivity contribution is -0.132. The first-order valence-electron chi connectivity index (χ1n) is 8.82. The van der Waals surface area contributed by atoms with E-state index in [9.17, 15) is 19.2 Å². The maximum Gasteiger partial charge on any atom is 0.308 e. The van der Waals surface area contributed by atoms with E-state index in [2.05, 4.69) is 5.32 Å². The van der Waals surface area contributed by atoms with Crippen molar-refractivity contribution in [2.24, 2.45) is 0 Å². The lowest BCUT2D eigenvalue weighted by Crippen LogP contribution is -2.44. The van der Waals surface area contributed by atoms with Crippen LogP contribution in [0.5, 0.6) is 5.75 Å². The number of nitriles is 1. The zero-order valence-corrected chi connectivity index (χ0v) is 15.3. The second-order valence-electron chi connectivity index (χ2n) is 6.57. The van der Waals surface area contributed by atoms with Crippen molar-refractivity contribution in [3.63, 3.8) is 0 Å². The molecule has 1 aliphatic heterocycles. The quantitative estimate of drug-likeness (QED) is 0.647. The molecule has 1 amide bonds. The molecule has 1 fully saturated rings. The van der Waals surface area contributed by atoms with E-state index in [0.717, 1.165) is 0 Å². The van der Waals surface area contributed by atoms with Crippen molar-refractivity contribution in [3.05, 3.63) is 59.4 Å². The zero-order valence-electron chi connectivity index (χ0n) is 15.3. The van der Waals surface area contributed by atoms with Crippen LogP contribution in [0.1, 0.15) is 30.9 Å². The van der Waals surface area contributed by atoms with Crippen molar-refractivity contribution >= 4 is 17.6 Å². The molecule has 0 spiro atoms. The maximum atomic E-state index is 13.3. The molecular weight excluding hydrogens is 363 g/mol. The average Bonchev–Trinajstić information content (AvgIpc) is 2.69. The van der Waals surface area contributed by atoms with E-state index in [-0.39, 0.29) is 23.0 Å². The molecule has 28 heavy (non-hydrogen) atoms. The van der Waals surface area contributed by atoms with Gasteiger partial charge in [0.25, 0.3) is 0 Å². The number of nitrogens with one attached hydrogen (secondary N) is 1. The second-order valence-corrected chi connectivity index (χ2v) is 6.57. The number of carbonyl (C=O) groups excluding carboxylic acids is 2. The van der Waals surface area contributed by atoms with Gasteiger partial charge in [-0.1, -0.05) is 12.1 Å². The molecule has 144 valence electrons. The Kier molecular flexibility index (Phi) is 5.71. The largest absolute Gasteiger partial charge is 0.425 e. The molecule has 3 rings (SSSR count). The summed E-state index contributed by atoms with van der Waals surface area (Å²) < 4.78 is 23.7. The molecule has 0 radical (unpaired) electrons. The Labute approximate surface area is 161 Å². The predicted molar refractivity (Wildman–Crippen MR) is 99.2 cm³/mol. The number of benzene rings is 2. The Morgan fingerprint density at radius 3 is 2.46 bits per heavy atom. The van der Waals surface area contributed by atoms with Crippen molar-refractivity contribution in [2.45, 2.75) is 25.2 Å². The predicted octanol–water partition coefficient (Wildman–Crippen LogP) is 3.31. The van der Waals surface area contributed by atoms with Crippen molar-refractivity contribution in [1.29, 1.82) is 5.26 Å². The molecule has 0 aliphatic carbocycles. The number of amides is 1. The van der Waals surface area contributed by atoms with E-state index in [1.165, 1.54) is 31.2 Å². The number of hydrogen-bond donors (Lipinski definition) is 1. The van der Waals surface area contributed by atoms with Crippen LogP contribution in [0.15, 0.2) is 42.5 Å². The van der Waals surface area contributed by atoms with Crippen molar-refractivity contribution in [3.8, 4) is 11.8 Å². The van der Waals surface area contributed by atoms with Crippen LogP contribution in [0.25, 0.3) is 0 Å². The van der Waals surface area contributed by atoms with E-state index >= 15 is 0 Å². The minimum Gasteiger partial charge on any atom is -0.425 e. The van der Waals surface area contributed by atoms with Gasteiger partial charge >= 0.3 is 5.97 Å². The SMILES string of the molecule is CC(=O)Oc1ccc(NC(=O)C2(c3ccc(F)cc3)CCOCC2)cc1C#N. The van der Waals surface area contributed by atoms with Gasteiger partial charge in [0.15, 0.2) is 0 Å². The highest BCUT2D eigenvalue weighted by molar-refractivity contribution is 5.99. The molecule has 1 saturated heterocycles. The summed E-state index contributed by atoms with van der Waals surface area (Å²) in [5, 5.41) is 12.1. The summed E-state index contributed by atoms with van der Waals surface area (Å²) >= 11 is 0. The van der Waals surface area contributed by atoms with Crippen LogP contribution in [0.3, 0.4) is 0 Å². The molecule has 2 aromatic carbocycles. The first kappa shape index (κ1) is 19.5. The van der Waals surface area contributed by atoms with Gasteiger partial charge in [-0.25, -0.2) is 4.39 Å². The smallest absolute Gasteiger partial charge is 0.308 e. The van der Waals surface area contributed by atoms with Gasteiger partial charge in [-0.15, -0.1) is 0 Å². The second kappa shape index (κ2) is 8.19. The molecule has 0 unspecified atom stereocenters. The average molecular weight is 382 g/mol. The fourth-order valence-electron chi connectivity index (χ4n) is 3.33. The van der Waals surface area contributed by atoms with Crippen LogP contribution in [0.2, 0.25) is 0 Å². The molecule has 6 nitrogen and oxygen atoms in total. The normalized spacial score (nSPS) is 15.3. The lowest BCUT2D eigenvalue weighted by atomic mass is 9.73. The summed E-state index contributed by atoms with van der Waals surface area (Å²) in [6.45, 7) is 2.08. The molecule has 0 aromatic heterocycles. The third kappa shape index (κ3) is 4.02. The monoisotopic (exact) mass is 382 g/mol. The topological polar surface area (TPSA) is 88.4 Å². The Morgan fingerprint density at radius 1 is 1.18 bits per heavy atom. The van der Waals surface area contributed by atoms with Gasteiger partial charge in [0.2, 0.25) is 5.91 Å². The standard InChI is InChI=1S/C21H19FN2O4/c1-14(25)28-19-7-6-18(12-15(19)13-23)24-20(26)21(8-10-27-11-9-21)16-2-4-17(22)5-3-16/h2-7,12H,8-11H2,1H3,(H,24,26). The van der Waals surface area contributed by atoms with Crippen LogP contribution >= 0.6 is 0 Å². The van der Waals surface area contributed by atoms with E-state index in [1.54, 1.807) is 18.2 Å². The van der Waals surface area contributed by atoms with Crippen molar-refractivity contribution in [2.75, 3.05) is 18.5 Å². The minimum absolute atomic E-state index is 0.132. The van der Waals surface area contributed by atoms with Crippen LogP contribution in [-0.2, 0) is 19.7 Å². The molecule has 7 heteroatoms. The summed E-state index contributed by atoms with van der Waals surface area (Å²) in [5.41, 5.74) is 0.404. The van der Waals surface area contributed by atoms with Crippen molar-refractivity contribution < 1.29 is 23.5 Å². The first-order chi connectivity index (χ1) is 13.4. The van der Waals surface area contributed by atoms with Gasteiger partial charge in [-0.2, -0.15) is 5.26 Å². The molecule has 2 aromatic rings. The fourth-order valence-corrected chi connectivity index (χ4v) is 3.33. The summed E-state index contributed by atoms with van der Waals surface area (Å²) in [7, 11) is 0. The van der Waals surface area contributed by atoms with E-state index < -0.39 is 11.4 Å². The number of nitrogens with zero attached hydrogens (tertiary/aromatic N) is 1. The number of hydrogen-bond acceptors (Lipinski definition) is 5. The highest BCUT2D eigenvalue weighted by Gasteiger charge is 2.41. The summed E-state index contributed by atoms with van der Waals surface area (Å²) in [6.07, 6.45) is 0.919. The van der Waals surface area contributed by atoms with Gasteiger partial charge in [-0.3, -0.25) is 9.59 Å². The number of esters is 1. The maximum absolute atomic E-state index is 13.3. The van der Waals surface area contributed by atoms with Gasteiger partial charge in [0, 0.05) is 25.8 Å². The van der Waals surface area contributed by atoms with Crippen LogP contribution in [0.4, 0.5) is 10.1 Å². The van der Waals surface area contributed by atoms with Crippen molar-refractivity contribution in [1.82, 2.24) is 0 Å². The highest BCUT2D eigenvalue weighted by Crippen LogP contribution is 2.36. The van der Waals surface area contributed by atoms with Gasteiger partial charge < -0.3 is 14.8 Å². The molecule has 0 bridgehead atoms. The van der Waals surface area contributed by atoms with Crippen LogP contribution in [-0.4, -0.2) is 25.1 Å². The Morgan fingerprint density at radius 2 is 1.86 bits per heavy atom. The zero-order chi connectivity index (χ0) is 20.1. The first-order valence-corrected chi connectivity index (χ1v) is 8.82. The summed E-state index contributed by atoms with van der Waals surface area (Å²) in [5.74, 6) is -1.03. The van der Waals surface area contributed by atoms with E-state index in [1.807, 2.05) is 6.07 Å². The minimum atomic E-state index is -0.854. The van der Waals surface area contributed by atoms with E-state index in [0.29, 0.717) is 37.3 Å². The number of ether oxygens (including phenoxy) is 2. The summed E-state index contributed by atoms with van der Waals surface area (Å²) in [4.78, 5) is 24.3. The molecule has 0 saturated carbocycles.